The van der Waals surface area contributed by atoms with Crippen molar-refractivity contribution in [2.75, 3.05) is 0 Å². The number of nitrogens with zero attached hydrogens (tertiary/aromatic N) is 4. The molecule has 27 heavy (non-hydrogen) atoms. The molecule has 1 aliphatic heterocycles. The van der Waals surface area contributed by atoms with Crippen LogP contribution in [0.1, 0.15) is 37.9 Å². The van der Waals surface area contributed by atoms with Gasteiger partial charge in [0.05, 0.1) is 22.9 Å². The van der Waals surface area contributed by atoms with Gasteiger partial charge in [0.25, 0.3) is 11.8 Å². The van der Waals surface area contributed by atoms with E-state index in [1.807, 2.05) is 60.7 Å². The fourth-order valence-electron chi connectivity index (χ4n) is 3.41. The van der Waals surface area contributed by atoms with Gasteiger partial charge in [0.15, 0.2) is 0 Å². The molecular formula is C21H14N4O2. The van der Waals surface area contributed by atoms with Crippen molar-refractivity contribution in [2.45, 2.75) is 6.04 Å². The molecule has 0 saturated heterocycles. The van der Waals surface area contributed by atoms with Gasteiger partial charge in [-0.25, -0.2) is 0 Å². The number of carbonyl (C=O) groups excluding carboxylic acids is 2. The zero-order valence-electron chi connectivity index (χ0n) is 14.2. The summed E-state index contributed by atoms with van der Waals surface area (Å²) in [6.45, 7) is 0. The molecule has 0 fully saturated rings. The van der Waals surface area contributed by atoms with Crippen molar-refractivity contribution < 1.29 is 9.59 Å². The molecule has 2 amide bonds. The summed E-state index contributed by atoms with van der Waals surface area (Å²) < 4.78 is 0. The van der Waals surface area contributed by atoms with E-state index in [-0.39, 0.29) is 16.8 Å². The predicted octanol–water partition coefficient (Wildman–Crippen LogP) is 5.01. The van der Waals surface area contributed by atoms with E-state index in [4.69, 9.17) is 5.53 Å². The average Bonchev–Trinajstić information content (AvgIpc) is 2.96. The molecule has 1 heterocycles. The van der Waals surface area contributed by atoms with Crippen LogP contribution in [0.15, 0.2) is 84.0 Å². The molecule has 6 nitrogen and oxygen atoms in total. The van der Waals surface area contributed by atoms with E-state index in [0.717, 1.165) is 11.1 Å². The van der Waals surface area contributed by atoms with E-state index in [2.05, 4.69) is 10.0 Å². The van der Waals surface area contributed by atoms with E-state index >= 15 is 0 Å². The zero-order valence-corrected chi connectivity index (χ0v) is 14.2. The highest BCUT2D eigenvalue weighted by Gasteiger charge is 2.42. The molecule has 0 aliphatic carbocycles. The molecule has 0 radical (unpaired) electrons. The predicted molar refractivity (Wildman–Crippen MR) is 100 cm³/mol. The van der Waals surface area contributed by atoms with Gasteiger partial charge in [-0.2, -0.15) is 0 Å². The van der Waals surface area contributed by atoms with Crippen LogP contribution in [0.3, 0.4) is 0 Å². The first-order chi connectivity index (χ1) is 13.2. The normalized spacial score (nSPS) is 12.9. The summed E-state index contributed by atoms with van der Waals surface area (Å²) in [6, 6.07) is 22.9. The summed E-state index contributed by atoms with van der Waals surface area (Å²) >= 11 is 0. The Kier molecular flexibility index (Phi) is 4.16. The van der Waals surface area contributed by atoms with E-state index in [9.17, 15) is 9.59 Å². The van der Waals surface area contributed by atoms with Gasteiger partial charge in [-0.05, 0) is 22.7 Å². The smallest absolute Gasteiger partial charge is 0.262 e. The third-order valence-corrected chi connectivity index (χ3v) is 4.57. The molecule has 4 rings (SSSR count). The monoisotopic (exact) mass is 354 g/mol. The van der Waals surface area contributed by atoms with Crippen LogP contribution < -0.4 is 0 Å². The summed E-state index contributed by atoms with van der Waals surface area (Å²) in [5.74, 6) is -0.863. The highest BCUT2D eigenvalue weighted by Crippen LogP contribution is 2.38. The first-order valence-corrected chi connectivity index (χ1v) is 8.38. The van der Waals surface area contributed by atoms with Crippen molar-refractivity contribution >= 4 is 17.5 Å². The Hall–Kier alpha value is -3.89. The summed E-state index contributed by atoms with van der Waals surface area (Å²) in [5, 5.41) is 3.58. The van der Waals surface area contributed by atoms with Crippen LogP contribution in [-0.2, 0) is 0 Å². The van der Waals surface area contributed by atoms with E-state index in [1.54, 1.807) is 12.1 Å². The number of hydrogen-bond acceptors (Lipinski definition) is 3. The molecule has 0 spiro atoms. The van der Waals surface area contributed by atoms with Crippen molar-refractivity contribution in [1.82, 2.24) is 4.90 Å². The summed E-state index contributed by atoms with van der Waals surface area (Å²) in [4.78, 5) is 30.3. The third kappa shape index (κ3) is 2.74. The Bertz CT molecular complexity index is 1030. The standard InChI is InChI=1S/C21H14N4O2/c22-24-23-17-13-7-12-16-18(17)21(27)25(20(16)26)19(14-8-3-1-4-9-14)15-10-5-2-6-11-15/h1-13,19H. The van der Waals surface area contributed by atoms with Gasteiger partial charge in [0.2, 0.25) is 0 Å². The van der Waals surface area contributed by atoms with Crippen LogP contribution >= 0.6 is 0 Å². The Morgan fingerprint density at radius 2 is 1.37 bits per heavy atom. The lowest BCUT2D eigenvalue weighted by atomic mass is 9.97. The van der Waals surface area contributed by atoms with Crippen LogP contribution in [0.2, 0.25) is 0 Å². The zero-order chi connectivity index (χ0) is 18.8. The molecule has 0 bridgehead atoms. The van der Waals surface area contributed by atoms with Gasteiger partial charge in [0.1, 0.15) is 0 Å². The van der Waals surface area contributed by atoms with E-state index in [0.29, 0.717) is 0 Å². The largest absolute Gasteiger partial charge is 0.269 e. The molecule has 3 aromatic carbocycles. The minimum absolute atomic E-state index is 0.150. The summed E-state index contributed by atoms with van der Waals surface area (Å²) in [7, 11) is 0. The molecular weight excluding hydrogens is 340 g/mol. The molecule has 0 saturated carbocycles. The van der Waals surface area contributed by atoms with Crippen molar-refractivity contribution in [1.29, 1.82) is 0 Å². The number of benzene rings is 3. The number of rotatable bonds is 4. The maximum atomic E-state index is 13.2. The fourth-order valence-corrected chi connectivity index (χ4v) is 3.41. The number of azide groups is 1. The second-order valence-corrected chi connectivity index (χ2v) is 6.09. The van der Waals surface area contributed by atoms with Gasteiger partial charge in [0, 0.05) is 4.91 Å². The van der Waals surface area contributed by atoms with Crippen LogP contribution in [0.25, 0.3) is 10.4 Å². The number of carbonyl (C=O) groups is 2. The SMILES string of the molecule is [N-]=[N+]=Nc1cccc2c1C(=O)N(C(c1ccccc1)c1ccccc1)C2=O. The number of fused-ring (bicyclic) bond motifs is 1. The number of hydrogen-bond donors (Lipinski definition) is 0. The average molecular weight is 354 g/mol. The highest BCUT2D eigenvalue weighted by atomic mass is 16.2. The van der Waals surface area contributed by atoms with Crippen molar-refractivity contribution in [2.24, 2.45) is 5.11 Å². The molecule has 0 unspecified atom stereocenters. The quantitative estimate of drug-likeness (QED) is 0.285. The summed E-state index contributed by atoms with van der Waals surface area (Å²) in [5.41, 5.74) is 11.0. The highest BCUT2D eigenvalue weighted by molar-refractivity contribution is 6.23. The van der Waals surface area contributed by atoms with E-state index in [1.165, 1.54) is 11.0 Å². The number of amides is 2. The Morgan fingerprint density at radius 1 is 0.778 bits per heavy atom. The molecule has 3 aromatic rings. The van der Waals surface area contributed by atoms with Gasteiger partial charge in [-0.3, -0.25) is 14.5 Å². The van der Waals surface area contributed by atoms with Gasteiger partial charge >= 0.3 is 0 Å². The lowest BCUT2D eigenvalue weighted by molar-refractivity contribution is 0.0609. The van der Waals surface area contributed by atoms with Crippen LogP contribution in [0.4, 0.5) is 5.69 Å². The molecule has 130 valence electrons. The summed E-state index contributed by atoms with van der Waals surface area (Å²) in [6.07, 6.45) is 0. The van der Waals surface area contributed by atoms with E-state index < -0.39 is 17.9 Å². The van der Waals surface area contributed by atoms with Crippen LogP contribution in [0.5, 0.6) is 0 Å². The molecule has 0 aromatic heterocycles. The van der Waals surface area contributed by atoms with Crippen molar-refractivity contribution in [3.8, 4) is 0 Å². The van der Waals surface area contributed by atoms with Gasteiger partial charge in [-0.15, -0.1) is 0 Å². The van der Waals surface area contributed by atoms with Gasteiger partial charge < -0.3 is 0 Å². The Balaban J connectivity index is 1.89. The maximum absolute atomic E-state index is 13.2. The molecule has 1 aliphatic rings. The minimum atomic E-state index is -0.571. The number of imide groups is 1. The lowest BCUT2D eigenvalue weighted by Gasteiger charge is -2.27. The fraction of sp³-hybridized carbons (Fsp3) is 0.0476. The van der Waals surface area contributed by atoms with Crippen LogP contribution in [-0.4, -0.2) is 16.7 Å². The van der Waals surface area contributed by atoms with Crippen molar-refractivity contribution in [3.63, 3.8) is 0 Å². The molecule has 0 N–H and O–H groups in total. The molecule has 0 atom stereocenters. The first kappa shape index (κ1) is 16.6. The minimum Gasteiger partial charge on any atom is -0.269 e. The topological polar surface area (TPSA) is 86.1 Å². The third-order valence-electron chi connectivity index (χ3n) is 4.57. The first-order valence-electron chi connectivity index (χ1n) is 8.38. The Labute approximate surface area is 155 Å². The second-order valence-electron chi connectivity index (χ2n) is 6.09. The van der Waals surface area contributed by atoms with Crippen LogP contribution in [0, 0.1) is 0 Å². The van der Waals surface area contributed by atoms with Crippen molar-refractivity contribution in [3.05, 3.63) is 112 Å². The second kappa shape index (κ2) is 6.78. The lowest BCUT2D eigenvalue weighted by Crippen LogP contribution is -2.34. The van der Waals surface area contributed by atoms with Gasteiger partial charge in [-0.1, -0.05) is 77.9 Å². The Morgan fingerprint density at radius 3 is 1.93 bits per heavy atom. The maximum Gasteiger partial charge on any atom is 0.262 e. The molecule has 6 heteroatoms.